The molecular formula is C20H22N4O3S. The number of nitrogens with zero attached hydrogens (tertiary/aromatic N) is 2. The maximum atomic E-state index is 11.6. The summed E-state index contributed by atoms with van der Waals surface area (Å²) < 4.78 is 5.45. The van der Waals surface area contributed by atoms with Crippen LogP contribution in [0.1, 0.15) is 36.6 Å². The van der Waals surface area contributed by atoms with Crippen LogP contribution in [0.4, 0.5) is 11.4 Å². The molecule has 1 aromatic heterocycles. The molecular weight excluding hydrogens is 376 g/mol. The van der Waals surface area contributed by atoms with Crippen LogP contribution in [0.5, 0.6) is 0 Å². The Balaban J connectivity index is 2.02. The first-order valence-electron chi connectivity index (χ1n) is 8.80. The summed E-state index contributed by atoms with van der Waals surface area (Å²) in [4.78, 5) is 11.8. The van der Waals surface area contributed by atoms with Crippen LogP contribution in [0.15, 0.2) is 40.8 Å². The van der Waals surface area contributed by atoms with Gasteiger partial charge in [-0.3, -0.25) is 10.0 Å². The Labute approximate surface area is 168 Å². The van der Waals surface area contributed by atoms with E-state index >= 15 is 0 Å². The average molecular weight is 398 g/mol. The number of hydroxylamine groups is 2. The van der Waals surface area contributed by atoms with Crippen LogP contribution in [0.25, 0.3) is 11.5 Å². The van der Waals surface area contributed by atoms with Gasteiger partial charge in [-0.25, -0.2) is 10.2 Å². The van der Waals surface area contributed by atoms with Gasteiger partial charge >= 0.3 is 0 Å². The Bertz CT molecular complexity index is 1070. The molecule has 0 saturated carbocycles. The van der Waals surface area contributed by atoms with E-state index in [1.54, 1.807) is 6.92 Å². The molecule has 8 heteroatoms. The smallest absolute Gasteiger partial charge is 0.284 e. The zero-order valence-corrected chi connectivity index (χ0v) is 16.9. The average Bonchev–Trinajstić information content (AvgIpc) is 3.10. The molecule has 7 nitrogen and oxygen atoms in total. The number of amides is 1. The molecule has 28 heavy (non-hydrogen) atoms. The van der Waals surface area contributed by atoms with Gasteiger partial charge in [0.25, 0.3) is 4.84 Å². The second-order valence-electron chi connectivity index (χ2n) is 6.60. The third kappa shape index (κ3) is 3.83. The second kappa shape index (κ2) is 7.95. The van der Waals surface area contributed by atoms with Crippen LogP contribution in [0.2, 0.25) is 0 Å². The van der Waals surface area contributed by atoms with E-state index in [1.165, 1.54) is 6.92 Å². The van der Waals surface area contributed by atoms with Crippen molar-refractivity contribution >= 4 is 29.5 Å². The van der Waals surface area contributed by atoms with Crippen molar-refractivity contribution in [3.63, 3.8) is 0 Å². The molecule has 0 aliphatic rings. The van der Waals surface area contributed by atoms with Gasteiger partial charge in [0.05, 0.1) is 17.3 Å². The molecule has 2 aromatic carbocycles. The van der Waals surface area contributed by atoms with E-state index in [4.69, 9.17) is 16.6 Å². The fraction of sp³-hybridized carbons (Fsp3) is 0.250. The summed E-state index contributed by atoms with van der Waals surface area (Å²) in [5, 5.41) is 21.0. The van der Waals surface area contributed by atoms with E-state index in [0.717, 1.165) is 38.7 Å². The molecule has 3 N–H and O–H groups in total. The molecule has 3 rings (SSSR count). The van der Waals surface area contributed by atoms with Crippen molar-refractivity contribution in [2.24, 2.45) is 0 Å². The van der Waals surface area contributed by atoms with Gasteiger partial charge in [0, 0.05) is 12.6 Å². The van der Waals surface area contributed by atoms with Crippen molar-refractivity contribution in [2.45, 2.75) is 33.7 Å². The molecule has 0 saturated heterocycles. The summed E-state index contributed by atoms with van der Waals surface area (Å²) in [5.41, 5.74) is 5.22. The Kier molecular flexibility index (Phi) is 5.62. The largest absolute Gasteiger partial charge is 0.409 e. The van der Waals surface area contributed by atoms with E-state index < -0.39 is 11.9 Å². The number of nitrogens with one attached hydrogen (secondary N) is 2. The van der Waals surface area contributed by atoms with E-state index in [0.29, 0.717) is 5.89 Å². The summed E-state index contributed by atoms with van der Waals surface area (Å²) in [7, 11) is 0. The highest BCUT2D eigenvalue weighted by atomic mass is 32.1. The van der Waals surface area contributed by atoms with Crippen LogP contribution >= 0.6 is 12.2 Å². The minimum atomic E-state index is -0.474. The lowest BCUT2D eigenvalue weighted by Crippen LogP contribution is -2.29. The molecule has 0 spiro atoms. The molecule has 3 aromatic rings. The summed E-state index contributed by atoms with van der Waals surface area (Å²) in [6.45, 7) is 7.04. The van der Waals surface area contributed by atoms with Crippen LogP contribution in [0, 0.1) is 18.7 Å². The summed E-state index contributed by atoms with van der Waals surface area (Å²) in [6, 6.07) is 11.0. The number of carbonyl (C=O) groups is 1. The first-order chi connectivity index (χ1) is 13.3. The zero-order valence-electron chi connectivity index (χ0n) is 16.1. The Morgan fingerprint density at radius 3 is 2.61 bits per heavy atom. The van der Waals surface area contributed by atoms with E-state index in [1.807, 2.05) is 50.2 Å². The number of hydrogen-bond acceptors (Lipinski definition) is 6. The van der Waals surface area contributed by atoms with Crippen molar-refractivity contribution in [3.8, 4) is 11.5 Å². The Morgan fingerprint density at radius 2 is 1.96 bits per heavy atom. The molecule has 1 unspecified atom stereocenters. The third-order valence-electron chi connectivity index (χ3n) is 4.71. The predicted molar refractivity (Wildman–Crippen MR) is 109 cm³/mol. The van der Waals surface area contributed by atoms with E-state index in [2.05, 4.69) is 15.5 Å². The van der Waals surface area contributed by atoms with Crippen LogP contribution in [-0.4, -0.2) is 26.4 Å². The number of anilines is 2. The highest BCUT2D eigenvalue weighted by Crippen LogP contribution is 2.34. The molecule has 0 fully saturated rings. The number of para-hydroxylation sites is 1. The topological polar surface area (TPSA) is 94.4 Å². The molecule has 1 amide bonds. The highest BCUT2D eigenvalue weighted by molar-refractivity contribution is 7.71. The molecule has 0 bridgehead atoms. The second-order valence-corrected chi connectivity index (χ2v) is 6.97. The summed E-state index contributed by atoms with van der Waals surface area (Å²) >= 11 is 4.97. The van der Waals surface area contributed by atoms with Crippen molar-refractivity contribution in [1.29, 1.82) is 0 Å². The van der Waals surface area contributed by atoms with E-state index in [9.17, 15) is 10.0 Å². The lowest BCUT2D eigenvalue weighted by atomic mass is 9.95. The number of benzene rings is 2. The van der Waals surface area contributed by atoms with Crippen LogP contribution in [0.3, 0.4) is 0 Å². The maximum Gasteiger partial charge on any atom is 0.284 e. The van der Waals surface area contributed by atoms with Gasteiger partial charge < -0.3 is 9.73 Å². The number of aromatic amines is 1. The van der Waals surface area contributed by atoms with Crippen molar-refractivity contribution in [2.75, 3.05) is 5.32 Å². The number of aromatic nitrogens is 2. The van der Waals surface area contributed by atoms with Gasteiger partial charge in [0.15, 0.2) is 0 Å². The lowest BCUT2D eigenvalue weighted by molar-refractivity contribution is -0.172. The minimum absolute atomic E-state index is 0.208. The van der Waals surface area contributed by atoms with Gasteiger partial charge in [-0.05, 0) is 67.9 Å². The van der Waals surface area contributed by atoms with Gasteiger partial charge in [-0.1, -0.05) is 18.2 Å². The fourth-order valence-electron chi connectivity index (χ4n) is 3.31. The Hall–Kier alpha value is -2.97. The number of aryl methyl sites for hydroxylation is 1. The molecule has 0 radical (unpaired) electrons. The lowest BCUT2D eigenvalue weighted by Gasteiger charge is -2.26. The summed E-state index contributed by atoms with van der Waals surface area (Å²) in [6.07, 6.45) is 0. The first-order valence-corrected chi connectivity index (χ1v) is 9.21. The fourth-order valence-corrected chi connectivity index (χ4v) is 3.43. The van der Waals surface area contributed by atoms with Crippen LogP contribution in [-0.2, 0) is 4.79 Å². The standard InChI is InChI=1S/C20H22N4O3S/c1-11-9-10-16(12(2)18(11)13(3)24(26)14(4)25)21-17-8-6-5-7-15(17)19-22-23-20(28)27-19/h5-10,13,21,26H,1-4H3,(H,23,28). The maximum absolute atomic E-state index is 11.6. The quantitative estimate of drug-likeness (QED) is 0.316. The highest BCUT2D eigenvalue weighted by Gasteiger charge is 2.22. The van der Waals surface area contributed by atoms with Crippen LogP contribution < -0.4 is 5.32 Å². The third-order valence-corrected chi connectivity index (χ3v) is 4.88. The molecule has 0 aliphatic heterocycles. The molecule has 146 valence electrons. The summed E-state index contributed by atoms with van der Waals surface area (Å²) in [5.74, 6) is -0.0144. The minimum Gasteiger partial charge on any atom is -0.409 e. The van der Waals surface area contributed by atoms with Gasteiger partial charge in [-0.2, -0.15) is 0 Å². The number of carbonyl (C=O) groups excluding carboxylic acids is 1. The first kappa shape index (κ1) is 19.8. The number of H-pyrrole nitrogens is 1. The number of hydrogen-bond donors (Lipinski definition) is 3. The Morgan fingerprint density at radius 1 is 1.25 bits per heavy atom. The van der Waals surface area contributed by atoms with Crippen molar-refractivity contribution in [1.82, 2.24) is 15.3 Å². The molecule has 1 heterocycles. The zero-order chi connectivity index (χ0) is 20.4. The van der Waals surface area contributed by atoms with Crippen molar-refractivity contribution in [3.05, 3.63) is 57.9 Å². The van der Waals surface area contributed by atoms with Gasteiger partial charge in [0.1, 0.15) is 0 Å². The molecule has 0 aliphatic carbocycles. The normalized spacial score (nSPS) is 11.9. The monoisotopic (exact) mass is 398 g/mol. The van der Waals surface area contributed by atoms with Gasteiger partial charge in [0.2, 0.25) is 11.8 Å². The number of rotatable bonds is 5. The SMILES string of the molecule is CC(=O)N(O)C(C)c1c(C)ccc(Nc2ccccc2-c2n[nH]c(=S)o2)c1C. The van der Waals surface area contributed by atoms with Crippen molar-refractivity contribution < 1.29 is 14.4 Å². The van der Waals surface area contributed by atoms with E-state index in [-0.39, 0.29) is 4.84 Å². The predicted octanol–water partition coefficient (Wildman–Crippen LogP) is 5.06. The molecule has 1 atom stereocenters. The van der Waals surface area contributed by atoms with Gasteiger partial charge in [-0.15, -0.1) is 5.10 Å².